The van der Waals surface area contributed by atoms with Crippen molar-refractivity contribution >= 4 is 41.4 Å². The molecule has 10 N–H and O–H groups in total. The smallest absolute Gasteiger partial charge is 0.474 e. The number of quaternary nitrogens is 2. The highest BCUT2D eigenvalue weighted by Crippen LogP contribution is 2.48. The highest BCUT2D eigenvalue weighted by molar-refractivity contribution is 7.48. The third-order valence-electron chi connectivity index (χ3n) is 6.96. The molecular formula is C29H41Cl2N6O6P. The van der Waals surface area contributed by atoms with Crippen LogP contribution in [-0.2, 0) is 40.6 Å². The number of aromatic amines is 2. The quantitative estimate of drug-likeness (QED) is 0.0691. The number of phosphoric acid groups is 1. The summed E-state index contributed by atoms with van der Waals surface area (Å²) in [5.41, 5.74) is 11.5. The van der Waals surface area contributed by atoms with E-state index in [2.05, 4.69) is 32.1 Å². The van der Waals surface area contributed by atoms with Crippen molar-refractivity contribution < 1.29 is 64.0 Å². The van der Waals surface area contributed by atoms with Crippen LogP contribution in [0.4, 0.5) is 0 Å². The van der Waals surface area contributed by atoms with Gasteiger partial charge in [-0.1, -0.05) is 36.4 Å². The predicted octanol–water partition coefficient (Wildman–Crippen LogP) is -4.54. The van der Waals surface area contributed by atoms with Gasteiger partial charge in [0.05, 0.1) is 25.3 Å². The van der Waals surface area contributed by atoms with E-state index in [9.17, 15) is 14.2 Å². The molecule has 0 spiro atoms. The van der Waals surface area contributed by atoms with Crippen LogP contribution >= 0.6 is 7.82 Å². The molecule has 242 valence electrons. The minimum Gasteiger partial charge on any atom is -1.00 e. The van der Waals surface area contributed by atoms with Crippen LogP contribution in [0.1, 0.15) is 25.0 Å². The van der Waals surface area contributed by atoms with Gasteiger partial charge in [0.2, 0.25) is 0 Å². The van der Waals surface area contributed by atoms with Crippen molar-refractivity contribution in [2.45, 2.75) is 50.9 Å². The Bertz CT molecular complexity index is 1450. The predicted molar refractivity (Wildman–Crippen MR) is 159 cm³/mol. The first-order chi connectivity index (χ1) is 20.1. The molecule has 0 saturated carbocycles. The lowest BCUT2D eigenvalue weighted by atomic mass is 10.1. The van der Waals surface area contributed by atoms with Gasteiger partial charge in [0, 0.05) is 41.3 Å². The summed E-state index contributed by atoms with van der Waals surface area (Å²) in [6, 6.07) is 13.6. The summed E-state index contributed by atoms with van der Waals surface area (Å²) in [6.45, 7) is 3.10. The normalized spacial score (nSPS) is 14.2. The number of nitrogens with one attached hydrogen (secondary N) is 4. The average Bonchev–Trinajstić information content (AvgIpc) is 3.58. The maximum absolute atomic E-state index is 13.5. The number of halogens is 2. The minimum atomic E-state index is -4.07. The Balaban J connectivity index is 0.00000337. The van der Waals surface area contributed by atoms with E-state index in [1.807, 2.05) is 60.9 Å². The molecular weight excluding hydrogens is 630 g/mol. The van der Waals surface area contributed by atoms with E-state index in [0.717, 1.165) is 32.9 Å². The van der Waals surface area contributed by atoms with Gasteiger partial charge in [-0.15, -0.1) is 0 Å². The first-order valence-electron chi connectivity index (χ1n) is 13.9. The van der Waals surface area contributed by atoms with Crippen molar-refractivity contribution in [1.29, 1.82) is 0 Å². The second-order valence-corrected chi connectivity index (χ2v) is 12.3. The molecule has 4 atom stereocenters. The van der Waals surface area contributed by atoms with Crippen LogP contribution in [0.25, 0.3) is 21.8 Å². The Hall–Kier alpha value is -2.93. The maximum Gasteiger partial charge on any atom is 0.474 e. The average molecular weight is 672 g/mol. The molecule has 0 fully saturated rings. The van der Waals surface area contributed by atoms with Crippen molar-refractivity contribution in [2.24, 2.45) is 0 Å². The number of aromatic nitrogens is 2. The third-order valence-corrected chi connectivity index (χ3v) is 8.34. The summed E-state index contributed by atoms with van der Waals surface area (Å²) in [7, 11) is -2.83. The monoisotopic (exact) mass is 670 g/mol. The Morgan fingerprint density at radius 3 is 1.52 bits per heavy atom. The molecule has 0 bridgehead atoms. The molecule has 2 heterocycles. The Morgan fingerprint density at radius 1 is 0.773 bits per heavy atom. The number of hydrogen-bond donors (Lipinski definition) is 6. The second-order valence-electron chi connectivity index (χ2n) is 10.6. The highest BCUT2D eigenvalue weighted by atomic mass is 35.5. The lowest BCUT2D eigenvalue weighted by molar-refractivity contribution is -0.398. The van der Waals surface area contributed by atoms with Gasteiger partial charge in [-0.2, -0.15) is 0 Å². The van der Waals surface area contributed by atoms with Crippen molar-refractivity contribution in [3.63, 3.8) is 0 Å². The number of hydrogen-bond acceptors (Lipinski definition) is 6. The van der Waals surface area contributed by atoms with Crippen LogP contribution in [0.2, 0.25) is 0 Å². The number of H-pyrrole nitrogens is 2. The number of fused-ring (bicyclic) bond motifs is 2. The van der Waals surface area contributed by atoms with Gasteiger partial charge in [0.25, 0.3) is 11.8 Å². The van der Waals surface area contributed by atoms with Crippen LogP contribution in [0.15, 0.2) is 60.9 Å². The SMILES string of the molecule is COP(=O)(OC[C@H](Cc1c[nH]c2ccccc12)NC(=O)[C@H](C)[NH3+])OC[C@H](Cc1c[nH]c2ccccc12)NC(=O)[C@H](C)[NH3+].[Cl-].[Cl-]. The number of carbonyl (C=O) groups is 2. The molecule has 15 heteroatoms. The number of amides is 2. The van der Waals surface area contributed by atoms with E-state index < -0.39 is 32.0 Å². The van der Waals surface area contributed by atoms with Crippen molar-refractivity contribution in [2.75, 3.05) is 20.3 Å². The zero-order chi connectivity index (χ0) is 30.3. The summed E-state index contributed by atoms with van der Waals surface area (Å²) in [4.78, 5) is 31.5. The summed E-state index contributed by atoms with van der Waals surface area (Å²) < 4.78 is 30.2. The van der Waals surface area contributed by atoms with E-state index in [1.165, 1.54) is 7.11 Å². The first-order valence-corrected chi connectivity index (χ1v) is 15.4. The molecule has 12 nitrogen and oxygen atoms in total. The van der Waals surface area contributed by atoms with Gasteiger partial charge in [-0.25, -0.2) is 4.57 Å². The molecule has 0 saturated heterocycles. The van der Waals surface area contributed by atoms with Gasteiger partial charge >= 0.3 is 7.82 Å². The molecule has 0 unspecified atom stereocenters. The zero-order valence-electron chi connectivity index (χ0n) is 25.0. The van der Waals surface area contributed by atoms with Gasteiger partial charge in [0.15, 0.2) is 12.1 Å². The fourth-order valence-electron chi connectivity index (χ4n) is 4.63. The van der Waals surface area contributed by atoms with Crippen molar-refractivity contribution in [3.8, 4) is 0 Å². The number of phosphoric ester groups is 1. The third kappa shape index (κ3) is 9.79. The largest absolute Gasteiger partial charge is 1.00 e. The molecule has 0 aliphatic rings. The van der Waals surface area contributed by atoms with Gasteiger partial charge in [-0.05, 0) is 49.9 Å². The molecule has 4 rings (SSSR count). The highest BCUT2D eigenvalue weighted by Gasteiger charge is 2.31. The Labute approximate surface area is 268 Å². The topological polar surface area (TPSA) is 190 Å². The molecule has 4 aromatic rings. The van der Waals surface area contributed by atoms with Gasteiger partial charge in [-0.3, -0.25) is 23.2 Å². The Morgan fingerprint density at radius 2 is 1.16 bits per heavy atom. The molecule has 2 aromatic carbocycles. The number of para-hydroxylation sites is 2. The summed E-state index contributed by atoms with van der Waals surface area (Å²) in [5, 5.41) is 7.88. The maximum atomic E-state index is 13.5. The Kier molecular flexibility index (Phi) is 14.4. The van der Waals surface area contributed by atoms with Crippen LogP contribution in [-0.4, -0.2) is 66.3 Å². The lowest BCUT2D eigenvalue weighted by Crippen LogP contribution is -3.00. The standard InChI is InChI=1S/C29H39N6O6P.2ClH/c1-18(30)28(36)34-22(12-20-14-32-26-10-6-4-8-24(20)26)16-40-42(38,39-3)41-17-23(35-29(37)19(2)31)13-21-15-33-27-11-7-5-9-25(21)27;;/h4-11,14-15,18-19,22-23,32-33H,12-13,16-17,30-31H2,1-3H3,(H,34,36)(H,35,37);2*1H/t18-,19-,22-,23-;;/m0../s1. The van der Waals surface area contributed by atoms with Crippen molar-refractivity contribution in [1.82, 2.24) is 20.6 Å². The van der Waals surface area contributed by atoms with Crippen LogP contribution in [0.3, 0.4) is 0 Å². The van der Waals surface area contributed by atoms with Crippen molar-refractivity contribution in [3.05, 3.63) is 72.1 Å². The number of carbonyl (C=O) groups excluding carboxylic acids is 2. The van der Waals surface area contributed by atoms with E-state index in [4.69, 9.17) is 13.6 Å². The fraction of sp³-hybridized carbons (Fsp3) is 0.379. The number of rotatable bonds is 15. The first kappa shape index (κ1) is 37.3. The molecule has 0 aliphatic carbocycles. The lowest BCUT2D eigenvalue weighted by Gasteiger charge is -2.24. The second kappa shape index (κ2) is 17.0. The molecule has 0 aliphatic heterocycles. The summed E-state index contributed by atoms with van der Waals surface area (Å²) in [5.74, 6) is -0.527. The fourth-order valence-corrected chi connectivity index (χ4v) is 5.64. The zero-order valence-corrected chi connectivity index (χ0v) is 27.4. The minimum absolute atomic E-state index is 0. The molecule has 2 amide bonds. The van der Waals surface area contributed by atoms with Crippen LogP contribution in [0.5, 0.6) is 0 Å². The van der Waals surface area contributed by atoms with E-state index >= 15 is 0 Å². The molecule has 2 aromatic heterocycles. The van der Waals surface area contributed by atoms with E-state index in [0.29, 0.717) is 12.8 Å². The van der Waals surface area contributed by atoms with Gasteiger partial charge in [0.1, 0.15) is 0 Å². The van der Waals surface area contributed by atoms with Crippen LogP contribution in [0, 0.1) is 0 Å². The molecule has 44 heavy (non-hydrogen) atoms. The van der Waals surface area contributed by atoms with Crippen LogP contribution < -0.4 is 46.9 Å². The van der Waals surface area contributed by atoms with E-state index in [1.54, 1.807) is 13.8 Å². The number of benzene rings is 2. The molecule has 0 radical (unpaired) electrons. The van der Waals surface area contributed by atoms with Gasteiger partial charge < -0.3 is 56.9 Å². The van der Waals surface area contributed by atoms with E-state index in [-0.39, 0.29) is 49.8 Å². The summed E-state index contributed by atoms with van der Waals surface area (Å²) in [6.07, 6.45) is 4.58. The summed E-state index contributed by atoms with van der Waals surface area (Å²) >= 11 is 0.